The lowest BCUT2D eigenvalue weighted by molar-refractivity contribution is -0.142. The van der Waals surface area contributed by atoms with Crippen LogP contribution in [0.1, 0.15) is 30.9 Å². The number of hydrogen-bond donors (Lipinski definition) is 1. The Morgan fingerprint density at radius 3 is 2.44 bits per heavy atom. The summed E-state index contributed by atoms with van der Waals surface area (Å²) >= 11 is 0. The first-order valence-corrected chi connectivity index (χ1v) is 11.1. The zero-order valence-corrected chi connectivity index (χ0v) is 19.6. The van der Waals surface area contributed by atoms with Crippen molar-refractivity contribution < 1.29 is 28.6 Å². The Labute approximate surface area is 198 Å². The summed E-state index contributed by atoms with van der Waals surface area (Å²) in [6.45, 7) is 6.35. The fourth-order valence-corrected chi connectivity index (χ4v) is 3.26. The number of nitrogens with zero attached hydrogens (tertiary/aromatic N) is 2. The molecular formula is C25H29N3O6. The molecule has 2 aromatic carbocycles. The minimum Gasteiger partial charge on any atom is -0.494 e. The number of hydrogen-bond acceptors (Lipinski definition) is 7. The van der Waals surface area contributed by atoms with Crippen LogP contribution in [0.5, 0.6) is 11.5 Å². The molecule has 0 aromatic heterocycles. The van der Waals surface area contributed by atoms with Gasteiger partial charge in [-0.25, -0.2) is 4.79 Å². The van der Waals surface area contributed by atoms with E-state index < -0.39 is 18.5 Å². The van der Waals surface area contributed by atoms with Gasteiger partial charge in [0.15, 0.2) is 6.61 Å². The molecule has 1 aliphatic heterocycles. The first-order valence-electron chi connectivity index (χ1n) is 11.1. The predicted octanol–water partition coefficient (Wildman–Crippen LogP) is 2.92. The minimum atomic E-state index is -0.719. The lowest BCUT2D eigenvalue weighted by Gasteiger charge is -2.24. The molecule has 0 atom stereocenters. The Morgan fingerprint density at radius 1 is 1.03 bits per heavy atom. The highest BCUT2D eigenvalue weighted by Crippen LogP contribution is 2.25. The van der Waals surface area contributed by atoms with E-state index in [0.29, 0.717) is 18.0 Å². The van der Waals surface area contributed by atoms with Crippen LogP contribution in [0.4, 0.5) is 5.69 Å². The number of benzene rings is 2. The zero-order chi connectivity index (χ0) is 24.5. The standard InChI is InChI=1S/C25H29N3O6/c1-4-32-19-7-9-20(10-8-19)33-14-13-26-23(29)16-34-25(31)21-11-12-24(30)28(27-21)22-15-17(2)5-6-18(22)3/h5-10,15H,4,11-14,16H2,1-3H3,(H,26,29). The van der Waals surface area contributed by atoms with Crippen LogP contribution in [0, 0.1) is 13.8 Å². The highest BCUT2D eigenvalue weighted by molar-refractivity contribution is 6.38. The molecule has 0 bridgehead atoms. The molecule has 3 rings (SSSR count). The van der Waals surface area contributed by atoms with Crippen LogP contribution in [0.15, 0.2) is 47.6 Å². The average molecular weight is 468 g/mol. The highest BCUT2D eigenvalue weighted by Gasteiger charge is 2.27. The van der Waals surface area contributed by atoms with Crippen LogP contribution in [0.25, 0.3) is 0 Å². The molecule has 0 aliphatic carbocycles. The van der Waals surface area contributed by atoms with Crippen molar-refractivity contribution in [2.75, 3.05) is 31.4 Å². The molecule has 34 heavy (non-hydrogen) atoms. The Morgan fingerprint density at radius 2 is 1.74 bits per heavy atom. The molecule has 9 heteroatoms. The first kappa shape index (κ1) is 24.8. The van der Waals surface area contributed by atoms with Gasteiger partial charge in [0.2, 0.25) is 5.91 Å². The van der Waals surface area contributed by atoms with Gasteiger partial charge in [0.05, 0.1) is 18.8 Å². The molecule has 0 fully saturated rings. The van der Waals surface area contributed by atoms with Gasteiger partial charge in [-0.15, -0.1) is 0 Å². The summed E-state index contributed by atoms with van der Waals surface area (Å²) in [5, 5.41) is 8.07. The molecule has 0 saturated heterocycles. The average Bonchev–Trinajstić information content (AvgIpc) is 2.83. The van der Waals surface area contributed by atoms with Crippen LogP contribution >= 0.6 is 0 Å². The molecule has 2 amide bonds. The smallest absolute Gasteiger partial charge is 0.355 e. The second-order valence-corrected chi connectivity index (χ2v) is 7.72. The van der Waals surface area contributed by atoms with Crippen molar-refractivity contribution in [2.24, 2.45) is 5.10 Å². The molecule has 0 saturated carbocycles. The summed E-state index contributed by atoms with van der Waals surface area (Å²) in [6.07, 6.45) is 0.299. The maximum absolute atomic E-state index is 12.4. The third-order valence-corrected chi connectivity index (χ3v) is 5.02. The fourth-order valence-electron chi connectivity index (χ4n) is 3.26. The second-order valence-electron chi connectivity index (χ2n) is 7.72. The highest BCUT2D eigenvalue weighted by atomic mass is 16.5. The molecule has 1 heterocycles. The van der Waals surface area contributed by atoms with Gasteiger partial charge in [-0.2, -0.15) is 10.1 Å². The monoisotopic (exact) mass is 467 g/mol. The van der Waals surface area contributed by atoms with E-state index in [1.807, 2.05) is 39.0 Å². The van der Waals surface area contributed by atoms with Gasteiger partial charge >= 0.3 is 5.97 Å². The lowest BCUT2D eigenvalue weighted by Crippen LogP contribution is -2.37. The van der Waals surface area contributed by atoms with E-state index >= 15 is 0 Å². The van der Waals surface area contributed by atoms with Crippen LogP contribution in [0.2, 0.25) is 0 Å². The van der Waals surface area contributed by atoms with Crippen molar-refractivity contribution in [3.8, 4) is 11.5 Å². The number of anilines is 1. The van der Waals surface area contributed by atoms with Crippen molar-refractivity contribution in [1.29, 1.82) is 0 Å². The Hall–Kier alpha value is -3.88. The number of ether oxygens (including phenoxy) is 3. The minimum absolute atomic E-state index is 0.104. The second kappa shape index (κ2) is 11.8. The van der Waals surface area contributed by atoms with Gasteiger partial charge in [0.1, 0.15) is 23.8 Å². The van der Waals surface area contributed by atoms with Gasteiger partial charge in [-0.3, -0.25) is 9.59 Å². The number of aryl methyl sites for hydroxylation is 2. The summed E-state index contributed by atoms with van der Waals surface area (Å²) in [5.74, 6) is 0.0399. The molecule has 0 spiro atoms. The van der Waals surface area contributed by atoms with Gasteiger partial charge in [-0.1, -0.05) is 12.1 Å². The summed E-state index contributed by atoms with van der Waals surface area (Å²) in [4.78, 5) is 36.8. The van der Waals surface area contributed by atoms with E-state index in [1.165, 1.54) is 5.01 Å². The SMILES string of the molecule is CCOc1ccc(OCCNC(=O)COC(=O)C2=NN(c3cc(C)ccc3C)C(=O)CC2)cc1. The third-order valence-electron chi connectivity index (χ3n) is 5.02. The fraction of sp³-hybridized carbons (Fsp3) is 0.360. The van der Waals surface area contributed by atoms with E-state index in [9.17, 15) is 14.4 Å². The molecule has 0 unspecified atom stereocenters. The van der Waals surface area contributed by atoms with E-state index in [0.717, 1.165) is 16.9 Å². The van der Waals surface area contributed by atoms with Crippen molar-refractivity contribution >= 4 is 29.2 Å². The molecule has 2 aromatic rings. The van der Waals surface area contributed by atoms with Gasteiger partial charge in [-0.05, 0) is 62.2 Å². The number of carbonyl (C=O) groups is 3. The lowest BCUT2D eigenvalue weighted by atomic mass is 10.1. The summed E-state index contributed by atoms with van der Waals surface area (Å²) < 4.78 is 16.0. The van der Waals surface area contributed by atoms with Gasteiger partial charge < -0.3 is 19.5 Å². The number of amides is 2. The van der Waals surface area contributed by atoms with Crippen LogP contribution in [0.3, 0.4) is 0 Å². The van der Waals surface area contributed by atoms with Crippen molar-refractivity contribution in [1.82, 2.24) is 5.32 Å². The quantitative estimate of drug-likeness (QED) is 0.425. The van der Waals surface area contributed by atoms with Crippen LogP contribution < -0.4 is 19.8 Å². The zero-order valence-electron chi connectivity index (χ0n) is 19.6. The molecule has 1 aliphatic rings. The molecule has 1 N–H and O–H groups in total. The van der Waals surface area contributed by atoms with E-state index in [4.69, 9.17) is 14.2 Å². The maximum atomic E-state index is 12.4. The largest absolute Gasteiger partial charge is 0.494 e. The summed E-state index contributed by atoms with van der Waals surface area (Å²) in [5.41, 5.74) is 2.57. The normalized spacial score (nSPS) is 13.2. The first-order chi connectivity index (χ1) is 16.4. The number of esters is 1. The number of hydrazone groups is 1. The van der Waals surface area contributed by atoms with E-state index in [-0.39, 0.29) is 37.6 Å². The molecule has 9 nitrogen and oxygen atoms in total. The Bertz CT molecular complexity index is 1060. The van der Waals surface area contributed by atoms with Crippen molar-refractivity contribution in [3.63, 3.8) is 0 Å². The Balaban J connectivity index is 1.44. The number of nitrogens with one attached hydrogen (secondary N) is 1. The van der Waals surface area contributed by atoms with Gasteiger partial charge in [0.25, 0.3) is 5.91 Å². The van der Waals surface area contributed by atoms with Crippen LogP contribution in [-0.4, -0.2) is 49.9 Å². The number of rotatable bonds is 10. The molecule has 180 valence electrons. The maximum Gasteiger partial charge on any atom is 0.355 e. The van der Waals surface area contributed by atoms with Gasteiger partial charge in [0, 0.05) is 12.8 Å². The van der Waals surface area contributed by atoms with Crippen LogP contribution in [-0.2, 0) is 19.1 Å². The van der Waals surface area contributed by atoms with Crippen molar-refractivity contribution in [2.45, 2.75) is 33.6 Å². The third kappa shape index (κ3) is 6.81. The van der Waals surface area contributed by atoms with Crippen molar-refractivity contribution in [3.05, 3.63) is 53.6 Å². The molecular weight excluding hydrogens is 438 g/mol. The summed E-state index contributed by atoms with van der Waals surface area (Å²) in [7, 11) is 0. The predicted molar refractivity (Wildman–Crippen MR) is 127 cm³/mol. The van der Waals surface area contributed by atoms with E-state index in [2.05, 4.69) is 10.4 Å². The summed E-state index contributed by atoms with van der Waals surface area (Å²) in [6, 6.07) is 12.9. The van der Waals surface area contributed by atoms with E-state index in [1.54, 1.807) is 24.3 Å². The molecule has 0 radical (unpaired) electrons. The topological polar surface area (TPSA) is 107 Å². The number of carbonyl (C=O) groups excluding carboxylic acids is 3. The Kier molecular flexibility index (Phi) is 8.61.